The van der Waals surface area contributed by atoms with E-state index in [1.54, 1.807) is 13.1 Å². The lowest BCUT2D eigenvalue weighted by molar-refractivity contribution is -0.140. The quantitative estimate of drug-likeness (QED) is 0.851. The first-order valence-corrected chi connectivity index (χ1v) is 7.65. The second kappa shape index (κ2) is 5.26. The molecule has 3 rings (SSSR count). The molecule has 2 aliphatic carbocycles. The normalized spacial score (nSPS) is 25.2. The van der Waals surface area contributed by atoms with Gasteiger partial charge in [0, 0.05) is 13.0 Å². The molecule has 0 saturated heterocycles. The van der Waals surface area contributed by atoms with Crippen molar-refractivity contribution in [2.75, 3.05) is 7.05 Å². The summed E-state index contributed by atoms with van der Waals surface area (Å²) in [5.74, 6) is -1.07. The molecule has 0 bridgehead atoms. The molecule has 2 saturated carbocycles. The fraction of sp³-hybridized carbons (Fsp3) is 0.529. The van der Waals surface area contributed by atoms with Crippen molar-refractivity contribution in [3.63, 3.8) is 0 Å². The average Bonchev–Trinajstić information content (AvgIpc) is 3.25. The van der Waals surface area contributed by atoms with Gasteiger partial charge in [-0.25, -0.2) is 0 Å². The molecular weight excluding hydrogens is 305 g/mol. The Balaban J connectivity index is 1.78. The second-order valence-corrected chi connectivity index (χ2v) is 6.43. The largest absolute Gasteiger partial charge is 0.416 e. The van der Waals surface area contributed by atoms with Crippen LogP contribution in [0.5, 0.6) is 0 Å². The van der Waals surface area contributed by atoms with Gasteiger partial charge in [-0.05, 0) is 43.2 Å². The molecule has 1 aromatic rings. The van der Waals surface area contributed by atoms with Crippen molar-refractivity contribution in [1.29, 1.82) is 5.26 Å². The molecule has 0 aliphatic heterocycles. The van der Waals surface area contributed by atoms with Crippen LogP contribution in [0.1, 0.15) is 42.7 Å². The van der Waals surface area contributed by atoms with Crippen molar-refractivity contribution < 1.29 is 18.0 Å². The monoisotopic (exact) mass is 322 g/mol. The van der Waals surface area contributed by atoms with E-state index in [0.717, 1.165) is 12.5 Å². The standard InChI is InChI=1S/C17H17F3N2O/c1-22(16(10-21)7-4-8-16)15(23)13-9-12(13)11-5-2-3-6-14(11)17(18,19)20/h2-3,5-6,12-13H,4,7-9H2,1H3/t12-,13-/m1/s1. The number of benzene rings is 1. The Labute approximate surface area is 132 Å². The predicted molar refractivity (Wildman–Crippen MR) is 77.3 cm³/mol. The van der Waals surface area contributed by atoms with E-state index in [1.807, 2.05) is 0 Å². The SMILES string of the molecule is CN(C(=O)[C@@H]1C[C@@H]1c1ccccc1C(F)(F)F)C1(C#N)CCC1. The third kappa shape index (κ3) is 2.58. The molecule has 0 aromatic heterocycles. The smallest absolute Gasteiger partial charge is 0.327 e. The highest BCUT2D eigenvalue weighted by Gasteiger charge is 2.52. The molecule has 122 valence electrons. The van der Waals surface area contributed by atoms with Crippen LogP contribution >= 0.6 is 0 Å². The van der Waals surface area contributed by atoms with Crippen LogP contribution < -0.4 is 0 Å². The van der Waals surface area contributed by atoms with E-state index in [1.165, 1.54) is 17.0 Å². The lowest BCUT2D eigenvalue weighted by atomic mass is 9.76. The number of carbonyl (C=O) groups is 1. The molecule has 2 fully saturated rings. The van der Waals surface area contributed by atoms with Gasteiger partial charge < -0.3 is 4.90 Å². The van der Waals surface area contributed by atoms with Gasteiger partial charge in [-0.15, -0.1) is 0 Å². The van der Waals surface area contributed by atoms with Gasteiger partial charge in [-0.2, -0.15) is 18.4 Å². The summed E-state index contributed by atoms with van der Waals surface area (Å²) >= 11 is 0. The van der Waals surface area contributed by atoms with Gasteiger partial charge in [-0.3, -0.25) is 4.79 Å². The first-order valence-electron chi connectivity index (χ1n) is 7.65. The minimum atomic E-state index is -4.42. The van der Waals surface area contributed by atoms with Crippen molar-refractivity contribution in [3.8, 4) is 6.07 Å². The van der Waals surface area contributed by atoms with Gasteiger partial charge in [0.25, 0.3) is 0 Å². The van der Waals surface area contributed by atoms with E-state index in [0.29, 0.717) is 19.3 Å². The number of nitriles is 1. The van der Waals surface area contributed by atoms with Crippen LogP contribution in [0.15, 0.2) is 24.3 Å². The third-order valence-electron chi connectivity index (χ3n) is 5.13. The van der Waals surface area contributed by atoms with E-state index in [-0.39, 0.29) is 11.5 Å². The van der Waals surface area contributed by atoms with Crippen LogP contribution in [-0.2, 0) is 11.0 Å². The molecule has 2 atom stereocenters. The number of rotatable bonds is 3. The molecule has 0 radical (unpaired) electrons. The first-order chi connectivity index (χ1) is 10.8. The third-order valence-corrected chi connectivity index (χ3v) is 5.13. The molecule has 23 heavy (non-hydrogen) atoms. The molecule has 1 amide bonds. The fourth-order valence-electron chi connectivity index (χ4n) is 3.38. The van der Waals surface area contributed by atoms with Crippen LogP contribution in [0.25, 0.3) is 0 Å². The van der Waals surface area contributed by atoms with Gasteiger partial charge in [0.2, 0.25) is 5.91 Å². The average molecular weight is 322 g/mol. The molecule has 0 unspecified atom stereocenters. The highest BCUT2D eigenvalue weighted by Crippen LogP contribution is 2.52. The summed E-state index contributed by atoms with van der Waals surface area (Å²) in [6, 6.07) is 7.62. The summed E-state index contributed by atoms with van der Waals surface area (Å²) < 4.78 is 39.3. The number of amides is 1. The minimum absolute atomic E-state index is 0.186. The molecule has 2 aliphatic rings. The summed E-state index contributed by atoms with van der Waals surface area (Å²) in [5.41, 5.74) is -1.23. The molecule has 0 heterocycles. The summed E-state index contributed by atoms with van der Waals surface area (Å²) in [4.78, 5) is 14.0. The topological polar surface area (TPSA) is 44.1 Å². The Hall–Kier alpha value is -2.03. The van der Waals surface area contributed by atoms with E-state index in [4.69, 9.17) is 0 Å². The summed E-state index contributed by atoms with van der Waals surface area (Å²) in [7, 11) is 1.59. The van der Waals surface area contributed by atoms with Gasteiger partial charge in [-0.1, -0.05) is 18.2 Å². The number of nitrogens with zero attached hydrogens (tertiary/aromatic N) is 2. The zero-order chi connectivity index (χ0) is 16.8. The molecule has 0 N–H and O–H groups in total. The Bertz CT molecular complexity index is 673. The lowest BCUT2D eigenvalue weighted by Crippen LogP contribution is -2.53. The van der Waals surface area contributed by atoms with Crippen molar-refractivity contribution in [3.05, 3.63) is 35.4 Å². The fourth-order valence-corrected chi connectivity index (χ4v) is 3.38. The predicted octanol–water partition coefficient (Wildman–Crippen LogP) is 3.71. The van der Waals surface area contributed by atoms with Crippen LogP contribution in [-0.4, -0.2) is 23.4 Å². The van der Waals surface area contributed by atoms with Gasteiger partial charge >= 0.3 is 6.18 Å². The summed E-state index contributed by atoms with van der Waals surface area (Å²) in [6.45, 7) is 0. The van der Waals surface area contributed by atoms with E-state index >= 15 is 0 Å². The Kier molecular flexibility index (Phi) is 3.62. The molecule has 6 heteroatoms. The van der Waals surface area contributed by atoms with E-state index in [9.17, 15) is 23.2 Å². The van der Waals surface area contributed by atoms with Crippen LogP contribution in [0, 0.1) is 17.2 Å². The number of hydrogen-bond acceptors (Lipinski definition) is 2. The zero-order valence-electron chi connectivity index (χ0n) is 12.7. The van der Waals surface area contributed by atoms with Crippen molar-refractivity contribution in [1.82, 2.24) is 4.90 Å². The molecule has 3 nitrogen and oxygen atoms in total. The number of carbonyl (C=O) groups excluding carboxylic acids is 1. The van der Waals surface area contributed by atoms with Crippen molar-refractivity contribution >= 4 is 5.91 Å². The van der Waals surface area contributed by atoms with Crippen molar-refractivity contribution in [2.24, 2.45) is 5.92 Å². The molecular formula is C17H17F3N2O. The summed E-state index contributed by atoms with van der Waals surface area (Å²) in [6.07, 6.45) is -1.82. The maximum absolute atomic E-state index is 13.1. The number of hydrogen-bond donors (Lipinski definition) is 0. The van der Waals surface area contributed by atoms with E-state index < -0.39 is 29.1 Å². The Morgan fingerprint density at radius 2 is 2.00 bits per heavy atom. The van der Waals surface area contributed by atoms with E-state index in [2.05, 4.69) is 6.07 Å². The highest BCUT2D eigenvalue weighted by atomic mass is 19.4. The zero-order valence-corrected chi connectivity index (χ0v) is 12.7. The number of halogens is 3. The second-order valence-electron chi connectivity index (χ2n) is 6.43. The maximum atomic E-state index is 13.1. The van der Waals surface area contributed by atoms with Gasteiger partial charge in [0.1, 0.15) is 5.54 Å². The van der Waals surface area contributed by atoms with Gasteiger partial charge in [0.15, 0.2) is 0 Å². The Morgan fingerprint density at radius 3 is 2.52 bits per heavy atom. The minimum Gasteiger partial charge on any atom is -0.327 e. The number of alkyl halides is 3. The maximum Gasteiger partial charge on any atom is 0.416 e. The molecule has 1 aromatic carbocycles. The highest BCUT2D eigenvalue weighted by molar-refractivity contribution is 5.84. The van der Waals surface area contributed by atoms with Gasteiger partial charge in [0.05, 0.1) is 11.6 Å². The molecule has 0 spiro atoms. The summed E-state index contributed by atoms with van der Waals surface area (Å²) in [5, 5.41) is 9.30. The van der Waals surface area contributed by atoms with Crippen LogP contribution in [0.2, 0.25) is 0 Å². The van der Waals surface area contributed by atoms with Crippen LogP contribution in [0.3, 0.4) is 0 Å². The van der Waals surface area contributed by atoms with Crippen molar-refractivity contribution in [2.45, 2.75) is 43.3 Å². The van der Waals surface area contributed by atoms with Crippen LogP contribution in [0.4, 0.5) is 13.2 Å². The Morgan fingerprint density at radius 1 is 1.35 bits per heavy atom. The lowest BCUT2D eigenvalue weighted by Gasteiger charge is -2.43. The first kappa shape index (κ1) is 15.9.